The summed E-state index contributed by atoms with van der Waals surface area (Å²) in [5, 5.41) is 0. The van der Waals surface area contributed by atoms with E-state index in [1.165, 1.54) is 37.2 Å². The Morgan fingerprint density at radius 1 is 1.19 bits per heavy atom. The molecule has 1 aliphatic rings. The van der Waals surface area contributed by atoms with Crippen molar-refractivity contribution >= 4 is 18.1 Å². The predicted molar refractivity (Wildman–Crippen MR) is 72.4 cm³/mol. The van der Waals surface area contributed by atoms with Crippen molar-refractivity contribution < 1.29 is 0 Å². The van der Waals surface area contributed by atoms with Crippen LogP contribution in [-0.4, -0.2) is 13.1 Å². The lowest BCUT2D eigenvalue weighted by Crippen LogP contribution is -2.17. The molecule has 0 unspecified atom stereocenters. The van der Waals surface area contributed by atoms with E-state index >= 15 is 0 Å². The van der Waals surface area contributed by atoms with Crippen LogP contribution in [0.1, 0.15) is 37.8 Å². The van der Waals surface area contributed by atoms with Crippen LogP contribution in [0.5, 0.6) is 0 Å². The highest BCUT2D eigenvalue weighted by molar-refractivity contribution is 5.85. The molecule has 2 N–H and O–H groups in total. The molecule has 3 heteroatoms. The molecule has 90 valence electrons. The number of nitrogens with zero attached hydrogens (tertiary/aromatic N) is 1. The van der Waals surface area contributed by atoms with Gasteiger partial charge in [-0.1, -0.05) is 19.1 Å². The molecule has 2 rings (SSSR count). The van der Waals surface area contributed by atoms with Crippen molar-refractivity contribution in [1.82, 2.24) is 0 Å². The molecule has 0 aromatic heterocycles. The zero-order valence-corrected chi connectivity index (χ0v) is 10.7. The summed E-state index contributed by atoms with van der Waals surface area (Å²) in [6.45, 7) is 4.54. The Balaban J connectivity index is 0.00000128. The Morgan fingerprint density at radius 3 is 2.25 bits per heavy atom. The highest BCUT2D eigenvalue weighted by atomic mass is 35.5. The number of anilines is 1. The van der Waals surface area contributed by atoms with Gasteiger partial charge in [0.05, 0.1) is 0 Å². The average molecular weight is 241 g/mol. The third-order valence-corrected chi connectivity index (χ3v) is 3.23. The van der Waals surface area contributed by atoms with Gasteiger partial charge in [-0.2, -0.15) is 0 Å². The second-order valence-corrected chi connectivity index (χ2v) is 4.30. The number of benzene rings is 1. The van der Waals surface area contributed by atoms with Gasteiger partial charge in [0, 0.05) is 24.8 Å². The quantitative estimate of drug-likeness (QED) is 0.880. The van der Waals surface area contributed by atoms with Crippen LogP contribution < -0.4 is 10.6 Å². The maximum atomic E-state index is 5.98. The summed E-state index contributed by atoms with van der Waals surface area (Å²) in [6.07, 6.45) is 3.66. The molecular formula is C13H21ClN2. The maximum absolute atomic E-state index is 5.98. The topological polar surface area (TPSA) is 29.3 Å². The fraction of sp³-hybridized carbons (Fsp3) is 0.538. The highest BCUT2D eigenvalue weighted by Gasteiger charge is 2.12. The van der Waals surface area contributed by atoms with Crippen LogP contribution in [-0.2, 0) is 0 Å². The Hall–Kier alpha value is -0.730. The van der Waals surface area contributed by atoms with E-state index in [0.29, 0.717) is 0 Å². The van der Waals surface area contributed by atoms with Crippen molar-refractivity contribution in [2.45, 2.75) is 32.2 Å². The molecule has 1 fully saturated rings. The standard InChI is InChI=1S/C13H20N2.ClH/c1-2-13(14)11-5-7-12(8-6-11)15-9-3-4-10-15;/h5-8,13H,2-4,9-10,14H2,1H3;1H/t13-;/m1./s1. The molecular weight excluding hydrogens is 220 g/mol. The third kappa shape index (κ3) is 2.89. The minimum atomic E-state index is 0. The maximum Gasteiger partial charge on any atom is 0.0366 e. The number of hydrogen-bond acceptors (Lipinski definition) is 2. The Kier molecular flexibility index (Phi) is 5.10. The van der Waals surface area contributed by atoms with E-state index in [1.807, 2.05) is 0 Å². The zero-order valence-electron chi connectivity index (χ0n) is 9.86. The Bertz CT molecular complexity index is 304. The molecule has 0 bridgehead atoms. The molecule has 1 atom stereocenters. The first-order chi connectivity index (χ1) is 7.31. The Morgan fingerprint density at radius 2 is 1.75 bits per heavy atom. The predicted octanol–water partition coefficient (Wildman–Crippen LogP) is 3.12. The summed E-state index contributed by atoms with van der Waals surface area (Å²) in [5.74, 6) is 0. The van der Waals surface area contributed by atoms with Crippen LogP contribution in [0.15, 0.2) is 24.3 Å². The molecule has 0 spiro atoms. The number of halogens is 1. The van der Waals surface area contributed by atoms with Gasteiger partial charge in [-0.3, -0.25) is 0 Å². The molecule has 1 aliphatic heterocycles. The van der Waals surface area contributed by atoms with Gasteiger partial charge < -0.3 is 10.6 Å². The van der Waals surface area contributed by atoms with Gasteiger partial charge in [0.15, 0.2) is 0 Å². The molecule has 16 heavy (non-hydrogen) atoms. The van der Waals surface area contributed by atoms with Gasteiger partial charge in [0.2, 0.25) is 0 Å². The zero-order chi connectivity index (χ0) is 10.7. The lowest BCUT2D eigenvalue weighted by molar-refractivity contribution is 0.698. The normalized spacial score (nSPS) is 17.0. The first-order valence-electron chi connectivity index (χ1n) is 5.91. The highest BCUT2D eigenvalue weighted by Crippen LogP contribution is 2.22. The summed E-state index contributed by atoms with van der Waals surface area (Å²) >= 11 is 0. The summed E-state index contributed by atoms with van der Waals surface area (Å²) in [4.78, 5) is 2.45. The average Bonchev–Trinajstić information content (AvgIpc) is 2.82. The van der Waals surface area contributed by atoms with Gasteiger partial charge in [-0.15, -0.1) is 12.4 Å². The van der Waals surface area contributed by atoms with Crippen LogP contribution in [0.4, 0.5) is 5.69 Å². The van der Waals surface area contributed by atoms with E-state index < -0.39 is 0 Å². The number of nitrogens with two attached hydrogens (primary N) is 1. The van der Waals surface area contributed by atoms with Crippen molar-refractivity contribution in [2.24, 2.45) is 5.73 Å². The van der Waals surface area contributed by atoms with Crippen molar-refractivity contribution in [1.29, 1.82) is 0 Å². The van der Waals surface area contributed by atoms with Gasteiger partial charge in [-0.25, -0.2) is 0 Å². The van der Waals surface area contributed by atoms with Crippen molar-refractivity contribution in [3.05, 3.63) is 29.8 Å². The number of hydrogen-bond donors (Lipinski definition) is 1. The Labute approximate surface area is 104 Å². The van der Waals surface area contributed by atoms with Crippen molar-refractivity contribution in [3.8, 4) is 0 Å². The molecule has 1 heterocycles. The lowest BCUT2D eigenvalue weighted by Gasteiger charge is -2.18. The van der Waals surface area contributed by atoms with E-state index in [9.17, 15) is 0 Å². The first kappa shape index (κ1) is 13.3. The minimum Gasteiger partial charge on any atom is -0.372 e. The lowest BCUT2D eigenvalue weighted by atomic mass is 10.1. The van der Waals surface area contributed by atoms with Crippen LogP contribution in [0, 0.1) is 0 Å². The van der Waals surface area contributed by atoms with Gasteiger partial charge in [0.25, 0.3) is 0 Å². The molecule has 0 radical (unpaired) electrons. The smallest absolute Gasteiger partial charge is 0.0366 e. The van der Waals surface area contributed by atoms with Gasteiger partial charge in [0.1, 0.15) is 0 Å². The van der Waals surface area contributed by atoms with E-state index in [0.717, 1.165) is 6.42 Å². The van der Waals surface area contributed by atoms with E-state index in [4.69, 9.17) is 5.73 Å². The summed E-state index contributed by atoms with van der Waals surface area (Å²) in [5.41, 5.74) is 8.58. The monoisotopic (exact) mass is 240 g/mol. The molecule has 1 aromatic carbocycles. The SMILES string of the molecule is CC[C@@H](N)c1ccc(N2CCCC2)cc1.Cl. The molecule has 1 aromatic rings. The van der Waals surface area contributed by atoms with Gasteiger partial charge in [-0.05, 0) is 37.0 Å². The second-order valence-electron chi connectivity index (χ2n) is 4.30. The molecule has 0 aliphatic carbocycles. The van der Waals surface area contributed by atoms with Crippen molar-refractivity contribution in [2.75, 3.05) is 18.0 Å². The fourth-order valence-electron chi connectivity index (χ4n) is 2.14. The van der Waals surface area contributed by atoms with Crippen LogP contribution in [0.25, 0.3) is 0 Å². The largest absolute Gasteiger partial charge is 0.372 e. The second kappa shape index (κ2) is 6.12. The van der Waals surface area contributed by atoms with E-state index in [1.54, 1.807) is 0 Å². The third-order valence-electron chi connectivity index (χ3n) is 3.23. The van der Waals surface area contributed by atoms with E-state index in [2.05, 4.69) is 36.1 Å². The molecule has 1 saturated heterocycles. The van der Waals surface area contributed by atoms with Crippen molar-refractivity contribution in [3.63, 3.8) is 0 Å². The van der Waals surface area contributed by atoms with E-state index in [-0.39, 0.29) is 18.4 Å². The molecule has 0 saturated carbocycles. The van der Waals surface area contributed by atoms with Crippen LogP contribution in [0.3, 0.4) is 0 Å². The van der Waals surface area contributed by atoms with Crippen LogP contribution in [0.2, 0.25) is 0 Å². The minimum absolute atomic E-state index is 0. The fourth-order valence-corrected chi connectivity index (χ4v) is 2.14. The first-order valence-corrected chi connectivity index (χ1v) is 5.91. The summed E-state index contributed by atoms with van der Waals surface area (Å²) in [7, 11) is 0. The van der Waals surface area contributed by atoms with Crippen LogP contribution >= 0.6 is 12.4 Å². The molecule has 2 nitrogen and oxygen atoms in total. The molecule has 0 amide bonds. The summed E-state index contributed by atoms with van der Waals surface area (Å²) in [6, 6.07) is 8.94. The van der Waals surface area contributed by atoms with Gasteiger partial charge >= 0.3 is 0 Å². The summed E-state index contributed by atoms with van der Waals surface area (Å²) < 4.78 is 0. The number of rotatable bonds is 3.